The fraction of sp³-hybridized carbons (Fsp3) is 0.115. The van der Waals surface area contributed by atoms with Crippen molar-refractivity contribution in [3.63, 3.8) is 0 Å². The normalized spacial score (nSPS) is 16.7. The predicted octanol–water partition coefficient (Wildman–Crippen LogP) is 5.41. The molecule has 1 aliphatic heterocycles. The second-order valence-electron chi connectivity index (χ2n) is 7.42. The molecule has 0 radical (unpaired) electrons. The number of halogens is 1. The summed E-state index contributed by atoms with van der Waals surface area (Å²) >= 11 is 7.14. The number of carbonyl (C=O) groups excluding carboxylic acids is 2. The number of rotatable bonds is 6. The lowest BCUT2D eigenvalue weighted by Gasteiger charge is -2.18. The molecule has 0 saturated carbocycles. The maximum atomic E-state index is 13.5. The molecule has 0 aliphatic carbocycles. The first-order valence-electron chi connectivity index (χ1n) is 10.4. The van der Waals surface area contributed by atoms with E-state index in [9.17, 15) is 14.9 Å². The number of hydrogen-bond acceptors (Lipinski definition) is 5. The van der Waals surface area contributed by atoms with Gasteiger partial charge < -0.3 is 10.1 Å². The molecule has 1 atom stereocenters. The summed E-state index contributed by atoms with van der Waals surface area (Å²) in [4.78, 5) is 28.0. The lowest BCUT2D eigenvalue weighted by molar-refractivity contribution is -0.117. The maximum Gasteiger partial charge on any atom is 0.269 e. The predicted molar refractivity (Wildman–Crippen MR) is 135 cm³/mol. The number of nitriles is 1. The quantitative estimate of drug-likeness (QED) is 0.369. The molecule has 1 unspecified atom stereocenters. The Morgan fingerprint density at radius 2 is 1.76 bits per heavy atom. The number of carbonyl (C=O) groups is 2. The topological polar surface area (TPSA) is 82.4 Å². The number of methoxy groups -OCH3 is 1. The Morgan fingerprint density at radius 1 is 1.09 bits per heavy atom. The first kappa shape index (κ1) is 23.4. The third-order valence-corrected chi connectivity index (χ3v) is 6.72. The third-order valence-electron chi connectivity index (χ3n) is 5.20. The molecule has 1 aliphatic rings. The lowest BCUT2D eigenvalue weighted by atomic mass is 10.1. The van der Waals surface area contributed by atoms with E-state index < -0.39 is 11.2 Å². The van der Waals surface area contributed by atoms with E-state index in [1.54, 1.807) is 43.5 Å². The Bertz CT molecular complexity index is 1270. The molecule has 170 valence electrons. The van der Waals surface area contributed by atoms with E-state index in [0.717, 1.165) is 11.3 Å². The molecule has 34 heavy (non-hydrogen) atoms. The van der Waals surface area contributed by atoms with Crippen LogP contribution >= 0.6 is 23.4 Å². The van der Waals surface area contributed by atoms with Crippen molar-refractivity contribution in [2.75, 3.05) is 17.3 Å². The molecule has 2 amide bonds. The Balaban J connectivity index is 1.68. The van der Waals surface area contributed by atoms with Gasteiger partial charge in [0.2, 0.25) is 5.91 Å². The van der Waals surface area contributed by atoms with Gasteiger partial charge in [0.05, 0.1) is 12.4 Å². The molecular weight excluding hydrogens is 470 g/mol. The van der Waals surface area contributed by atoms with Gasteiger partial charge in [-0.3, -0.25) is 14.5 Å². The number of para-hydroxylation sites is 1. The van der Waals surface area contributed by atoms with Crippen molar-refractivity contribution in [3.8, 4) is 11.8 Å². The highest BCUT2D eigenvalue weighted by atomic mass is 35.5. The van der Waals surface area contributed by atoms with E-state index >= 15 is 0 Å². The number of thioether (sulfide) groups is 1. The van der Waals surface area contributed by atoms with Crippen LogP contribution in [0.2, 0.25) is 5.02 Å². The molecule has 1 heterocycles. The van der Waals surface area contributed by atoms with E-state index in [-0.39, 0.29) is 11.5 Å². The summed E-state index contributed by atoms with van der Waals surface area (Å²) in [5.41, 5.74) is 1.91. The van der Waals surface area contributed by atoms with E-state index in [1.807, 2.05) is 48.5 Å². The second kappa shape index (κ2) is 10.5. The van der Waals surface area contributed by atoms with Crippen LogP contribution in [0.1, 0.15) is 5.56 Å². The van der Waals surface area contributed by atoms with Crippen LogP contribution in [0.3, 0.4) is 0 Å². The van der Waals surface area contributed by atoms with Crippen LogP contribution in [0, 0.1) is 11.3 Å². The van der Waals surface area contributed by atoms with Crippen molar-refractivity contribution in [2.24, 2.45) is 0 Å². The van der Waals surface area contributed by atoms with E-state index in [0.29, 0.717) is 27.8 Å². The molecule has 0 bridgehead atoms. The zero-order valence-corrected chi connectivity index (χ0v) is 19.8. The molecule has 6 nitrogen and oxygen atoms in total. The number of nitrogens with one attached hydrogen (secondary N) is 1. The van der Waals surface area contributed by atoms with Gasteiger partial charge in [0.1, 0.15) is 22.4 Å². The van der Waals surface area contributed by atoms with E-state index in [2.05, 4.69) is 5.32 Å². The van der Waals surface area contributed by atoms with Gasteiger partial charge in [-0.1, -0.05) is 53.7 Å². The summed E-state index contributed by atoms with van der Waals surface area (Å²) in [6.07, 6.45) is 0.442. The number of ether oxygens (including phenoxy) is 1. The first-order valence-corrected chi connectivity index (χ1v) is 11.7. The summed E-state index contributed by atoms with van der Waals surface area (Å²) in [6.45, 7) is 0. The zero-order chi connectivity index (χ0) is 24.1. The summed E-state index contributed by atoms with van der Waals surface area (Å²) < 4.78 is 5.20. The molecular formula is C26H20ClN3O3S. The average Bonchev–Trinajstić information content (AvgIpc) is 3.17. The number of amides is 2. The van der Waals surface area contributed by atoms with Crippen molar-refractivity contribution in [2.45, 2.75) is 11.7 Å². The Hall–Kier alpha value is -3.73. The SMILES string of the molecule is COc1ccc(CC2SC(=C(C#N)C(=O)Nc3ccc(Cl)cc3)N(c3ccccc3)C2=O)cc1. The van der Waals surface area contributed by atoms with Gasteiger partial charge in [-0.2, -0.15) is 5.26 Å². The minimum atomic E-state index is -0.592. The molecule has 3 aromatic carbocycles. The minimum Gasteiger partial charge on any atom is -0.497 e. The molecule has 1 N–H and O–H groups in total. The van der Waals surface area contributed by atoms with Gasteiger partial charge in [0.25, 0.3) is 5.91 Å². The van der Waals surface area contributed by atoms with Crippen LogP contribution < -0.4 is 15.0 Å². The van der Waals surface area contributed by atoms with Crippen molar-refractivity contribution >= 4 is 46.6 Å². The Morgan fingerprint density at radius 3 is 2.38 bits per heavy atom. The van der Waals surface area contributed by atoms with Crippen molar-refractivity contribution in [1.29, 1.82) is 5.26 Å². The number of nitrogens with zero attached hydrogens (tertiary/aromatic N) is 2. The highest BCUT2D eigenvalue weighted by Crippen LogP contribution is 2.42. The lowest BCUT2D eigenvalue weighted by Crippen LogP contribution is -2.30. The molecule has 4 rings (SSSR count). The van der Waals surface area contributed by atoms with Gasteiger partial charge in [0.15, 0.2) is 0 Å². The van der Waals surface area contributed by atoms with Crippen LogP contribution in [0.25, 0.3) is 0 Å². The molecule has 0 spiro atoms. The molecule has 0 aromatic heterocycles. The van der Waals surface area contributed by atoms with Crippen LogP contribution in [0.5, 0.6) is 5.75 Å². The monoisotopic (exact) mass is 489 g/mol. The van der Waals surface area contributed by atoms with Gasteiger partial charge in [-0.05, 0) is 60.5 Å². The minimum absolute atomic E-state index is 0.130. The highest BCUT2D eigenvalue weighted by molar-refractivity contribution is 8.05. The van der Waals surface area contributed by atoms with Crippen LogP contribution in [0.15, 0.2) is 89.5 Å². The summed E-state index contributed by atoms with van der Waals surface area (Å²) in [6, 6.07) is 25.1. The maximum absolute atomic E-state index is 13.5. The van der Waals surface area contributed by atoms with E-state index in [1.165, 1.54) is 16.7 Å². The number of anilines is 2. The molecule has 1 fully saturated rings. The smallest absolute Gasteiger partial charge is 0.269 e. The van der Waals surface area contributed by atoms with Gasteiger partial charge in [-0.25, -0.2) is 0 Å². The fourth-order valence-corrected chi connectivity index (χ4v) is 4.94. The highest BCUT2D eigenvalue weighted by Gasteiger charge is 2.40. The van der Waals surface area contributed by atoms with Crippen LogP contribution in [-0.2, 0) is 16.0 Å². The van der Waals surface area contributed by atoms with Gasteiger partial charge in [-0.15, -0.1) is 0 Å². The summed E-state index contributed by atoms with van der Waals surface area (Å²) in [5.74, 6) is -0.0495. The van der Waals surface area contributed by atoms with Crippen LogP contribution in [-0.4, -0.2) is 24.2 Å². The first-order chi connectivity index (χ1) is 16.5. The molecule has 8 heteroatoms. The van der Waals surface area contributed by atoms with Crippen molar-refractivity contribution < 1.29 is 14.3 Å². The standard InChI is InChI=1S/C26H20ClN3O3S/c1-33-21-13-7-17(8-14-21)15-23-25(32)30(20-5-3-2-4-6-20)26(34-23)22(16-28)24(31)29-19-11-9-18(27)10-12-19/h2-14,23H,15H2,1H3,(H,29,31). The average molecular weight is 490 g/mol. The summed E-state index contributed by atoms with van der Waals surface area (Å²) in [7, 11) is 1.60. The largest absolute Gasteiger partial charge is 0.497 e. The zero-order valence-electron chi connectivity index (χ0n) is 18.2. The van der Waals surface area contributed by atoms with E-state index in [4.69, 9.17) is 16.3 Å². The second-order valence-corrected chi connectivity index (χ2v) is 9.05. The van der Waals surface area contributed by atoms with Gasteiger partial charge in [0, 0.05) is 16.4 Å². The molecule has 3 aromatic rings. The van der Waals surface area contributed by atoms with Gasteiger partial charge >= 0.3 is 0 Å². The Labute approximate surface area is 206 Å². The number of benzene rings is 3. The summed E-state index contributed by atoms with van der Waals surface area (Å²) in [5, 5.41) is 13.0. The Kier molecular flexibility index (Phi) is 7.21. The number of hydrogen-bond donors (Lipinski definition) is 1. The van der Waals surface area contributed by atoms with Crippen molar-refractivity contribution in [1.82, 2.24) is 0 Å². The third kappa shape index (κ3) is 5.09. The fourth-order valence-electron chi connectivity index (χ4n) is 3.50. The van der Waals surface area contributed by atoms with Crippen LogP contribution in [0.4, 0.5) is 11.4 Å². The molecule has 1 saturated heterocycles. The van der Waals surface area contributed by atoms with Crippen molar-refractivity contribution in [3.05, 3.63) is 100 Å².